The largest absolute Gasteiger partial charge is 0.378 e. The van der Waals surface area contributed by atoms with Crippen molar-refractivity contribution < 1.29 is 0 Å². The van der Waals surface area contributed by atoms with Crippen LogP contribution in [0, 0.1) is 6.33 Å². The normalized spacial score (nSPS) is 10.0. The molecule has 0 bridgehead atoms. The van der Waals surface area contributed by atoms with E-state index >= 15 is 0 Å². The highest BCUT2D eigenvalue weighted by Crippen LogP contribution is 2.20. The van der Waals surface area contributed by atoms with Crippen molar-refractivity contribution in [2.24, 2.45) is 0 Å². The molecule has 0 saturated heterocycles. The van der Waals surface area contributed by atoms with Gasteiger partial charge in [-0.15, -0.1) is 0 Å². The fourth-order valence-corrected chi connectivity index (χ4v) is 1.36. The molecule has 0 N–H and O–H groups in total. The molecule has 1 aromatic heterocycles. The van der Waals surface area contributed by atoms with E-state index in [0.717, 1.165) is 11.1 Å². The van der Waals surface area contributed by atoms with Crippen LogP contribution in [-0.4, -0.2) is 24.1 Å². The van der Waals surface area contributed by atoms with Gasteiger partial charge >= 0.3 is 0 Å². The van der Waals surface area contributed by atoms with E-state index in [0.29, 0.717) is 0 Å². The highest BCUT2D eigenvalue weighted by molar-refractivity contribution is 5.64. The van der Waals surface area contributed by atoms with Crippen LogP contribution in [0.25, 0.3) is 11.1 Å². The van der Waals surface area contributed by atoms with Crippen LogP contribution in [0.1, 0.15) is 0 Å². The van der Waals surface area contributed by atoms with E-state index < -0.39 is 0 Å². The molecule has 0 saturated carbocycles. The van der Waals surface area contributed by atoms with Gasteiger partial charge < -0.3 is 4.90 Å². The minimum absolute atomic E-state index is 1.01. The number of nitrogens with zero attached hydrogens (tertiary/aromatic N) is 3. The summed E-state index contributed by atoms with van der Waals surface area (Å²) in [4.78, 5) is 9.81. The van der Waals surface area contributed by atoms with Gasteiger partial charge in [0.05, 0.1) is 0 Å². The zero-order valence-electron chi connectivity index (χ0n) is 8.81. The molecular weight excluding hydrogens is 186 g/mol. The minimum Gasteiger partial charge on any atom is -0.378 e. The Morgan fingerprint density at radius 3 is 2.07 bits per heavy atom. The summed E-state index contributed by atoms with van der Waals surface area (Å²) in [5, 5.41) is 0. The lowest BCUT2D eigenvalue weighted by molar-refractivity contribution is 1.13. The maximum Gasteiger partial charge on any atom is 0.197 e. The molecule has 2 rings (SSSR count). The second kappa shape index (κ2) is 4.09. The number of aromatic nitrogens is 2. The van der Waals surface area contributed by atoms with Crippen LogP contribution in [-0.2, 0) is 0 Å². The Morgan fingerprint density at radius 1 is 0.933 bits per heavy atom. The van der Waals surface area contributed by atoms with Crippen LogP contribution in [0.15, 0.2) is 36.7 Å². The molecule has 1 aromatic carbocycles. The third-order valence-corrected chi connectivity index (χ3v) is 2.24. The van der Waals surface area contributed by atoms with Crippen LogP contribution in [0.2, 0.25) is 0 Å². The maximum atomic E-state index is 3.87. The van der Waals surface area contributed by atoms with Crippen LogP contribution in [0.3, 0.4) is 0 Å². The van der Waals surface area contributed by atoms with E-state index in [1.165, 1.54) is 5.69 Å². The van der Waals surface area contributed by atoms with Crippen molar-refractivity contribution >= 4 is 5.69 Å². The molecule has 0 amide bonds. The first-order valence-electron chi connectivity index (χ1n) is 4.73. The first kappa shape index (κ1) is 9.65. The fourth-order valence-electron chi connectivity index (χ4n) is 1.36. The number of hydrogen-bond acceptors (Lipinski definition) is 3. The van der Waals surface area contributed by atoms with E-state index in [1.54, 1.807) is 12.4 Å². The average molecular weight is 198 g/mol. The van der Waals surface area contributed by atoms with Crippen molar-refractivity contribution in [3.05, 3.63) is 43.0 Å². The van der Waals surface area contributed by atoms with E-state index in [1.807, 2.05) is 14.1 Å². The van der Waals surface area contributed by atoms with Crippen molar-refractivity contribution in [2.45, 2.75) is 0 Å². The van der Waals surface area contributed by atoms with E-state index in [2.05, 4.69) is 45.5 Å². The van der Waals surface area contributed by atoms with Gasteiger partial charge in [0.1, 0.15) is 0 Å². The molecule has 0 spiro atoms. The fraction of sp³-hybridized carbons (Fsp3) is 0.167. The van der Waals surface area contributed by atoms with E-state index in [-0.39, 0.29) is 0 Å². The first-order chi connectivity index (χ1) is 7.27. The molecule has 3 nitrogen and oxygen atoms in total. The lowest BCUT2D eigenvalue weighted by Gasteiger charge is -2.12. The van der Waals surface area contributed by atoms with Gasteiger partial charge in [-0.25, -0.2) is 9.97 Å². The number of anilines is 1. The second-order valence-corrected chi connectivity index (χ2v) is 3.51. The molecule has 0 aliphatic heterocycles. The maximum absolute atomic E-state index is 3.87. The first-order valence-corrected chi connectivity index (χ1v) is 4.73. The zero-order chi connectivity index (χ0) is 10.7. The molecule has 1 heterocycles. The van der Waals surface area contributed by atoms with Gasteiger partial charge in [0.2, 0.25) is 0 Å². The lowest BCUT2D eigenvalue weighted by Crippen LogP contribution is -2.07. The monoisotopic (exact) mass is 198 g/mol. The molecule has 0 atom stereocenters. The predicted octanol–water partition coefficient (Wildman–Crippen LogP) is 2.01. The summed E-state index contributed by atoms with van der Waals surface area (Å²) < 4.78 is 0. The minimum atomic E-state index is 1.01. The summed E-state index contributed by atoms with van der Waals surface area (Å²) in [6, 6.07) is 8.28. The average Bonchev–Trinajstić information content (AvgIpc) is 2.30. The summed E-state index contributed by atoms with van der Waals surface area (Å²) in [5.74, 6) is 0. The highest BCUT2D eigenvalue weighted by Gasteiger charge is 1.98. The van der Waals surface area contributed by atoms with Crippen molar-refractivity contribution in [3.63, 3.8) is 0 Å². The SMILES string of the molecule is CN(C)c1ccc(-c2cn[c]nc2)cc1. The molecular formula is C12H12N3. The van der Waals surface area contributed by atoms with Gasteiger partial charge in [-0.3, -0.25) is 0 Å². The van der Waals surface area contributed by atoms with E-state index in [4.69, 9.17) is 0 Å². The molecule has 0 aliphatic rings. The highest BCUT2D eigenvalue weighted by atomic mass is 15.1. The van der Waals surface area contributed by atoms with Crippen LogP contribution in [0.5, 0.6) is 0 Å². The molecule has 3 heteroatoms. The number of benzene rings is 1. The van der Waals surface area contributed by atoms with Crippen LogP contribution < -0.4 is 4.90 Å². The standard InChI is InChI=1S/C12H12N3/c1-15(2)12-5-3-10(4-6-12)11-7-13-9-14-8-11/h3-8H,1-2H3. The lowest BCUT2D eigenvalue weighted by atomic mass is 10.1. The zero-order valence-corrected chi connectivity index (χ0v) is 8.81. The molecule has 0 fully saturated rings. The van der Waals surface area contributed by atoms with Gasteiger partial charge in [0, 0.05) is 37.7 Å². The second-order valence-electron chi connectivity index (χ2n) is 3.51. The van der Waals surface area contributed by atoms with Crippen LogP contribution in [0.4, 0.5) is 5.69 Å². The van der Waals surface area contributed by atoms with Gasteiger partial charge in [0.15, 0.2) is 6.33 Å². The topological polar surface area (TPSA) is 29.0 Å². The Labute approximate surface area is 89.4 Å². The molecule has 1 radical (unpaired) electrons. The molecule has 0 unspecified atom stereocenters. The third-order valence-electron chi connectivity index (χ3n) is 2.24. The van der Waals surface area contributed by atoms with E-state index in [9.17, 15) is 0 Å². The van der Waals surface area contributed by atoms with Crippen LogP contribution >= 0.6 is 0 Å². The Kier molecular flexibility index (Phi) is 2.63. The Bertz CT molecular complexity index is 420. The van der Waals surface area contributed by atoms with Crippen molar-refractivity contribution in [1.29, 1.82) is 0 Å². The quantitative estimate of drug-likeness (QED) is 0.739. The summed E-state index contributed by atoms with van der Waals surface area (Å²) in [6.07, 6.45) is 6.05. The van der Waals surface area contributed by atoms with Crippen molar-refractivity contribution in [3.8, 4) is 11.1 Å². The van der Waals surface area contributed by atoms with Gasteiger partial charge in [-0.1, -0.05) is 12.1 Å². The van der Waals surface area contributed by atoms with Crippen molar-refractivity contribution in [2.75, 3.05) is 19.0 Å². The molecule has 15 heavy (non-hydrogen) atoms. The molecule has 75 valence electrons. The summed E-state index contributed by atoms with van der Waals surface area (Å²) in [6.45, 7) is 0. The summed E-state index contributed by atoms with van der Waals surface area (Å²) in [7, 11) is 4.05. The molecule has 0 aliphatic carbocycles. The smallest absolute Gasteiger partial charge is 0.197 e. The Balaban J connectivity index is 2.32. The van der Waals surface area contributed by atoms with Gasteiger partial charge in [-0.05, 0) is 17.7 Å². The summed E-state index contributed by atoms with van der Waals surface area (Å²) >= 11 is 0. The van der Waals surface area contributed by atoms with Gasteiger partial charge in [0.25, 0.3) is 0 Å². The Morgan fingerprint density at radius 2 is 1.53 bits per heavy atom. The predicted molar refractivity (Wildman–Crippen MR) is 60.6 cm³/mol. The molecule has 2 aromatic rings. The summed E-state index contributed by atoms with van der Waals surface area (Å²) in [5.41, 5.74) is 3.32. The van der Waals surface area contributed by atoms with Crippen molar-refractivity contribution in [1.82, 2.24) is 9.97 Å². The number of hydrogen-bond donors (Lipinski definition) is 0. The Hall–Kier alpha value is -1.90. The number of rotatable bonds is 2. The van der Waals surface area contributed by atoms with Gasteiger partial charge in [-0.2, -0.15) is 0 Å². The third kappa shape index (κ3) is 2.13.